The van der Waals surface area contributed by atoms with Crippen molar-refractivity contribution in [3.05, 3.63) is 21.4 Å². The third-order valence-electron chi connectivity index (χ3n) is 2.58. The summed E-state index contributed by atoms with van der Waals surface area (Å²) in [4.78, 5) is 0. The van der Waals surface area contributed by atoms with Crippen molar-refractivity contribution in [2.45, 2.75) is 25.8 Å². The van der Waals surface area contributed by atoms with Crippen LogP contribution in [0.5, 0.6) is 0 Å². The Morgan fingerprint density at radius 1 is 1.57 bits per heavy atom. The van der Waals surface area contributed by atoms with Crippen molar-refractivity contribution in [3.63, 3.8) is 0 Å². The van der Waals surface area contributed by atoms with Gasteiger partial charge in [-0.05, 0) is 41.8 Å². The summed E-state index contributed by atoms with van der Waals surface area (Å²) in [5.74, 6) is 0. The van der Waals surface area contributed by atoms with Crippen LogP contribution >= 0.6 is 15.9 Å². The van der Waals surface area contributed by atoms with Crippen molar-refractivity contribution in [3.8, 4) is 0 Å². The molecule has 0 unspecified atom stereocenters. The predicted molar refractivity (Wildman–Crippen MR) is 60.8 cm³/mol. The van der Waals surface area contributed by atoms with Gasteiger partial charge in [0.1, 0.15) is 0 Å². The minimum atomic E-state index is 0.370. The first-order valence-corrected chi connectivity index (χ1v) is 5.51. The van der Waals surface area contributed by atoms with Gasteiger partial charge in [-0.15, -0.1) is 0 Å². The highest BCUT2D eigenvalue weighted by Gasteiger charge is 2.20. The molecule has 1 saturated carbocycles. The maximum atomic E-state index is 5.73. The second-order valence-corrected chi connectivity index (χ2v) is 4.67. The van der Waals surface area contributed by atoms with E-state index in [9.17, 15) is 0 Å². The Hall–Kier alpha value is -0.610. The van der Waals surface area contributed by atoms with Crippen LogP contribution < -0.4 is 5.73 Å². The first-order chi connectivity index (χ1) is 6.58. The molecule has 2 rings (SSSR count). The Kier molecular flexibility index (Phi) is 2.49. The van der Waals surface area contributed by atoms with Crippen LogP contribution in [-0.4, -0.2) is 15.8 Å². The molecule has 4 heteroatoms. The van der Waals surface area contributed by atoms with Crippen molar-refractivity contribution in [1.82, 2.24) is 9.78 Å². The van der Waals surface area contributed by atoms with E-state index in [1.165, 1.54) is 5.57 Å². The smallest absolute Gasteiger partial charge is 0.0751 e. The van der Waals surface area contributed by atoms with Gasteiger partial charge in [-0.1, -0.05) is 5.57 Å². The van der Waals surface area contributed by atoms with Crippen LogP contribution in [0.2, 0.25) is 0 Å². The molecule has 0 atom stereocenters. The first kappa shape index (κ1) is 9.93. The fraction of sp³-hybridized carbons (Fsp3) is 0.500. The molecule has 1 aliphatic carbocycles. The number of hydrogen-bond donors (Lipinski definition) is 1. The number of aromatic nitrogens is 2. The Bertz CT molecular complexity index is 384. The van der Waals surface area contributed by atoms with E-state index < -0.39 is 0 Å². The summed E-state index contributed by atoms with van der Waals surface area (Å²) in [6, 6.07) is 0.370. The molecule has 0 aromatic carbocycles. The SMILES string of the molecule is Cc1nn(C)c(C=C2CC(N)C2)c1Br. The molecule has 0 radical (unpaired) electrons. The molecule has 1 aliphatic rings. The highest BCUT2D eigenvalue weighted by Crippen LogP contribution is 2.30. The van der Waals surface area contributed by atoms with Crippen molar-refractivity contribution in [2.75, 3.05) is 0 Å². The molecule has 0 saturated heterocycles. The Balaban J connectivity index is 2.29. The van der Waals surface area contributed by atoms with E-state index in [2.05, 4.69) is 27.1 Å². The van der Waals surface area contributed by atoms with Gasteiger partial charge in [-0.2, -0.15) is 5.10 Å². The molecular weight excluding hydrogens is 242 g/mol. The van der Waals surface area contributed by atoms with Gasteiger partial charge in [-0.3, -0.25) is 4.68 Å². The third-order valence-corrected chi connectivity index (χ3v) is 3.56. The Labute approximate surface area is 92.1 Å². The molecule has 1 heterocycles. The van der Waals surface area contributed by atoms with Crippen molar-refractivity contribution in [1.29, 1.82) is 0 Å². The highest BCUT2D eigenvalue weighted by atomic mass is 79.9. The van der Waals surface area contributed by atoms with Gasteiger partial charge in [0, 0.05) is 13.1 Å². The topological polar surface area (TPSA) is 43.8 Å². The minimum Gasteiger partial charge on any atom is -0.327 e. The van der Waals surface area contributed by atoms with Crippen LogP contribution in [0, 0.1) is 6.92 Å². The molecule has 0 bridgehead atoms. The minimum absolute atomic E-state index is 0.370. The lowest BCUT2D eigenvalue weighted by molar-refractivity contribution is 0.546. The lowest BCUT2D eigenvalue weighted by Crippen LogP contribution is -2.30. The van der Waals surface area contributed by atoms with Crippen LogP contribution in [-0.2, 0) is 7.05 Å². The van der Waals surface area contributed by atoms with E-state index in [0.29, 0.717) is 6.04 Å². The summed E-state index contributed by atoms with van der Waals surface area (Å²) in [5, 5.41) is 4.34. The van der Waals surface area contributed by atoms with Crippen LogP contribution in [0.15, 0.2) is 10.0 Å². The molecule has 0 amide bonds. The molecule has 1 fully saturated rings. The summed E-state index contributed by atoms with van der Waals surface area (Å²) in [7, 11) is 1.96. The maximum absolute atomic E-state index is 5.73. The maximum Gasteiger partial charge on any atom is 0.0751 e. The van der Waals surface area contributed by atoms with Crippen molar-refractivity contribution in [2.24, 2.45) is 12.8 Å². The summed E-state index contributed by atoms with van der Waals surface area (Å²) in [6.07, 6.45) is 4.24. The lowest BCUT2D eigenvalue weighted by atomic mass is 9.86. The Morgan fingerprint density at radius 3 is 2.64 bits per heavy atom. The summed E-state index contributed by atoms with van der Waals surface area (Å²) in [5.41, 5.74) is 9.32. The van der Waals surface area contributed by atoms with Gasteiger partial charge in [0.25, 0.3) is 0 Å². The molecule has 2 N–H and O–H groups in total. The zero-order valence-electron chi connectivity index (χ0n) is 8.42. The van der Waals surface area contributed by atoms with Crippen molar-refractivity contribution >= 4 is 22.0 Å². The first-order valence-electron chi connectivity index (χ1n) is 4.72. The normalized spacial score (nSPS) is 20.9. The van der Waals surface area contributed by atoms with Crippen LogP contribution in [0.25, 0.3) is 6.08 Å². The van der Waals surface area contributed by atoms with Gasteiger partial charge < -0.3 is 5.73 Å². The van der Waals surface area contributed by atoms with E-state index in [-0.39, 0.29) is 0 Å². The monoisotopic (exact) mass is 255 g/mol. The molecule has 0 spiro atoms. The van der Waals surface area contributed by atoms with Crippen LogP contribution in [0.1, 0.15) is 24.2 Å². The zero-order chi connectivity index (χ0) is 10.3. The number of rotatable bonds is 1. The average molecular weight is 256 g/mol. The van der Waals surface area contributed by atoms with Gasteiger partial charge >= 0.3 is 0 Å². The fourth-order valence-corrected chi connectivity index (χ4v) is 2.18. The number of nitrogens with two attached hydrogens (primary N) is 1. The third kappa shape index (κ3) is 1.64. The second kappa shape index (κ2) is 3.51. The fourth-order valence-electron chi connectivity index (χ4n) is 1.73. The van der Waals surface area contributed by atoms with Gasteiger partial charge in [-0.25, -0.2) is 0 Å². The summed E-state index contributed by atoms with van der Waals surface area (Å²) < 4.78 is 2.99. The predicted octanol–water partition coefficient (Wildman–Crippen LogP) is 2.00. The summed E-state index contributed by atoms with van der Waals surface area (Å²) >= 11 is 3.54. The highest BCUT2D eigenvalue weighted by molar-refractivity contribution is 9.10. The molecule has 14 heavy (non-hydrogen) atoms. The number of hydrogen-bond acceptors (Lipinski definition) is 2. The molecule has 1 aromatic rings. The van der Waals surface area contributed by atoms with Gasteiger partial charge in [0.15, 0.2) is 0 Å². The van der Waals surface area contributed by atoms with Crippen LogP contribution in [0.4, 0.5) is 0 Å². The standard InChI is InChI=1S/C10H14BrN3/c1-6-10(11)9(14(2)13-6)5-7-3-8(12)4-7/h5,8H,3-4,12H2,1-2H3. The lowest BCUT2D eigenvalue weighted by Gasteiger charge is -2.25. The number of halogens is 1. The van der Waals surface area contributed by atoms with Crippen molar-refractivity contribution < 1.29 is 0 Å². The Morgan fingerprint density at radius 2 is 2.21 bits per heavy atom. The quantitative estimate of drug-likeness (QED) is 0.835. The number of nitrogens with zero attached hydrogens (tertiary/aromatic N) is 2. The zero-order valence-corrected chi connectivity index (χ0v) is 10.0. The van der Waals surface area contributed by atoms with Crippen LogP contribution in [0.3, 0.4) is 0 Å². The largest absolute Gasteiger partial charge is 0.327 e. The summed E-state index contributed by atoms with van der Waals surface area (Å²) in [6.45, 7) is 2.00. The molecule has 1 aromatic heterocycles. The molecule has 0 aliphatic heterocycles. The molecule has 3 nitrogen and oxygen atoms in total. The van der Waals surface area contributed by atoms with E-state index in [4.69, 9.17) is 5.73 Å². The molecular formula is C10H14BrN3. The van der Waals surface area contributed by atoms with E-state index in [0.717, 1.165) is 28.7 Å². The second-order valence-electron chi connectivity index (χ2n) is 3.88. The average Bonchev–Trinajstić information content (AvgIpc) is 2.29. The van der Waals surface area contributed by atoms with Gasteiger partial charge in [0.2, 0.25) is 0 Å². The van der Waals surface area contributed by atoms with E-state index in [1.807, 2.05) is 18.7 Å². The number of aryl methyl sites for hydroxylation is 2. The van der Waals surface area contributed by atoms with Gasteiger partial charge in [0.05, 0.1) is 15.9 Å². The van der Waals surface area contributed by atoms with E-state index in [1.54, 1.807) is 0 Å². The molecule has 76 valence electrons. The van der Waals surface area contributed by atoms with E-state index >= 15 is 0 Å².